The van der Waals surface area contributed by atoms with Gasteiger partial charge in [0, 0.05) is 48.1 Å². The van der Waals surface area contributed by atoms with Gasteiger partial charge in [-0.3, -0.25) is 14.9 Å². The van der Waals surface area contributed by atoms with Gasteiger partial charge in [-0.05, 0) is 46.0 Å². The van der Waals surface area contributed by atoms with E-state index in [1.165, 1.54) is 19.6 Å². The van der Waals surface area contributed by atoms with Crippen molar-refractivity contribution in [3.63, 3.8) is 0 Å². The van der Waals surface area contributed by atoms with Crippen LogP contribution in [0, 0.1) is 0 Å². The van der Waals surface area contributed by atoms with Crippen molar-refractivity contribution in [2.75, 3.05) is 19.0 Å². The highest BCUT2D eigenvalue weighted by Gasteiger charge is 2.30. The molecule has 212 valence electrons. The van der Waals surface area contributed by atoms with Crippen LogP contribution in [0.15, 0.2) is 23.2 Å². The Morgan fingerprint density at radius 3 is 2.72 bits per heavy atom. The zero-order valence-electron chi connectivity index (χ0n) is 22.9. The summed E-state index contributed by atoms with van der Waals surface area (Å²) in [5.74, 6) is 0.832. The Morgan fingerprint density at radius 2 is 1.97 bits per heavy atom. The lowest BCUT2D eigenvalue weighted by molar-refractivity contribution is -0.118. The number of methoxy groups -OCH3 is 1. The number of phenolic OH excluding ortho intramolecular Hbond substituents is 1. The number of H-pyrrole nitrogens is 1. The zero-order chi connectivity index (χ0) is 27.8. The van der Waals surface area contributed by atoms with Gasteiger partial charge in [0.2, 0.25) is 0 Å². The molecule has 2 aliphatic rings. The molecule has 11 nitrogen and oxygen atoms in total. The second-order valence-corrected chi connectivity index (χ2v) is 10.5. The molecule has 0 aliphatic heterocycles. The van der Waals surface area contributed by atoms with Crippen LogP contribution >= 0.6 is 0 Å². The molecule has 2 atom stereocenters. The molecule has 0 bridgehead atoms. The van der Waals surface area contributed by atoms with E-state index in [0.717, 1.165) is 44.2 Å². The maximum absolute atomic E-state index is 12.7. The lowest BCUT2D eigenvalue weighted by Gasteiger charge is -2.18. The van der Waals surface area contributed by atoms with Crippen LogP contribution < -0.4 is 20.1 Å². The first kappa shape index (κ1) is 28.3. The number of benzene rings is 1. The number of rotatable bonds is 10. The fraction of sp³-hybridized carbons (Fsp3) is 0.571. The topological polar surface area (TPSA) is 147 Å². The molecule has 1 heterocycles. The Kier molecular flexibility index (Phi) is 9.67. The van der Waals surface area contributed by atoms with E-state index >= 15 is 0 Å². The van der Waals surface area contributed by atoms with Crippen molar-refractivity contribution in [2.24, 2.45) is 4.99 Å². The standard InChI is InChI=1S/C28H39N5O6/c1-17(2)30-28(36)39-20-10-9-18(11-20)23-14-26(33-32-23)31-27(35)16-38-25-13-21(37-3)12-24(34)22(25)15-29-19-7-5-4-6-8-19/h12-15,17-20,34H,4-11,16H2,1-3H3,(H,30,36)(H2,31,32,33,35). The first-order valence-electron chi connectivity index (χ1n) is 13.7. The van der Waals surface area contributed by atoms with Crippen LogP contribution in [0.5, 0.6) is 17.2 Å². The Bertz CT molecular complexity index is 1160. The van der Waals surface area contributed by atoms with Crippen LogP contribution in [0.2, 0.25) is 0 Å². The average molecular weight is 542 g/mol. The highest BCUT2D eigenvalue weighted by atomic mass is 16.6. The van der Waals surface area contributed by atoms with E-state index in [1.807, 2.05) is 13.8 Å². The van der Waals surface area contributed by atoms with Crippen molar-refractivity contribution in [3.8, 4) is 17.2 Å². The molecule has 1 aromatic heterocycles. The number of carbonyl (C=O) groups is 2. The second-order valence-electron chi connectivity index (χ2n) is 10.5. The van der Waals surface area contributed by atoms with Crippen molar-refractivity contribution in [1.82, 2.24) is 15.5 Å². The third kappa shape index (κ3) is 8.11. The minimum atomic E-state index is -0.402. The summed E-state index contributed by atoms with van der Waals surface area (Å²) in [6, 6.07) is 5.16. The van der Waals surface area contributed by atoms with Crippen molar-refractivity contribution in [2.45, 2.75) is 89.3 Å². The van der Waals surface area contributed by atoms with Crippen molar-refractivity contribution < 1.29 is 28.9 Å². The first-order chi connectivity index (χ1) is 18.8. The van der Waals surface area contributed by atoms with Crippen LogP contribution in [-0.4, -0.2) is 65.4 Å². The van der Waals surface area contributed by atoms with Gasteiger partial charge < -0.3 is 30.0 Å². The molecule has 2 saturated carbocycles. The van der Waals surface area contributed by atoms with E-state index in [1.54, 1.807) is 18.3 Å². The van der Waals surface area contributed by atoms with Gasteiger partial charge in [-0.1, -0.05) is 19.3 Å². The summed E-state index contributed by atoms with van der Waals surface area (Å²) in [6.07, 6.45) is 8.97. The monoisotopic (exact) mass is 541 g/mol. The molecule has 2 aliphatic carbocycles. The normalized spacial score (nSPS) is 19.8. The van der Waals surface area contributed by atoms with Crippen LogP contribution in [0.1, 0.15) is 82.4 Å². The third-order valence-corrected chi connectivity index (χ3v) is 7.05. The summed E-state index contributed by atoms with van der Waals surface area (Å²) < 4.78 is 16.5. The number of aromatic nitrogens is 2. The number of aromatic hydroxyl groups is 1. The minimum Gasteiger partial charge on any atom is -0.507 e. The molecule has 0 radical (unpaired) electrons. The largest absolute Gasteiger partial charge is 0.507 e. The number of nitrogens with zero attached hydrogens (tertiary/aromatic N) is 2. The molecule has 39 heavy (non-hydrogen) atoms. The summed E-state index contributed by atoms with van der Waals surface area (Å²) in [4.78, 5) is 29.2. The lowest BCUT2D eigenvalue weighted by Crippen LogP contribution is -2.33. The molecular formula is C28H39N5O6. The number of carbonyl (C=O) groups excluding carboxylic acids is 2. The van der Waals surface area contributed by atoms with Gasteiger partial charge in [-0.25, -0.2) is 4.79 Å². The summed E-state index contributed by atoms with van der Waals surface area (Å²) in [7, 11) is 1.50. The second kappa shape index (κ2) is 13.3. The molecule has 4 rings (SSSR count). The first-order valence-corrected chi connectivity index (χ1v) is 13.7. The smallest absolute Gasteiger partial charge is 0.407 e. The molecule has 2 unspecified atom stereocenters. The van der Waals surface area contributed by atoms with Gasteiger partial charge in [-0.2, -0.15) is 5.10 Å². The van der Waals surface area contributed by atoms with Crippen LogP contribution in [0.3, 0.4) is 0 Å². The molecule has 2 aromatic rings. The van der Waals surface area contributed by atoms with Crippen molar-refractivity contribution >= 4 is 24.0 Å². The summed E-state index contributed by atoms with van der Waals surface area (Å²) in [5.41, 5.74) is 1.29. The maximum atomic E-state index is 12.7. The van der Waals surface area contributed by atoms with Gasteiger partial charge >= 0.3 is 6.09 Å². The van der Waals surface area contributed by atoms with E-state index in [0.29, 0.717) is 29.3 Å². The van der Waals surface area contributed by atoms with E-state index in [-0.39, 0.29) is 36.5 Å². The number of hydrogen-bond acceptors (Lipinski definition) is 8. The molecule has 4 N–H and O–H groups in total. The van der Waals surface area contributed by atoms with E-state index in [2.05, 4.69) is 25.8 Å². The average Bonchev–Trinajstić information content (AvgIpc) is 3.56. The minimum absolute atomic E-state index is 0.0216. The van der Waals surface area contributed by atoms with E-state index in [9.17, 15) is 14.7 Å². The summed E-state index contributed by atoms with van der Waals surface area (Å²) >= 11 is 0. The molecule has 1 aromatic carbocycles. The van der Waals surface area contributed by atoms with Crippen molar-refractivity contribution in [3.05, 3.63) is 29.5 Å². The van der Waals surface area contributed by atoms with Crippen LogP contribution in [0.25, 0.3) is 0 Å². The summed E-state index contributed by atoms with van der Waals surface area (Å²) in [6.45, 7) is 3.48. The predicted octanol–water partition coefficient (Wildman–Crippen LogP) is 4.66. The fourth-order valence-electron chi connectivity index (χ4n) is 5.05. The molecule has 0 spiro atoms. The van der Waals surface area contributed by atoms with E-state index < -0.39 is 12.0 Å². The van der Waals surface area contributed by atoms with Gasteiger partial charge in [0.05, 0.1) is 12.7 Å². The Morgan fingerprint density at radius 1 is 1.18 bits per heavy atom. The van der Waals surface area contributed by atoms with Gasteiger partial charge in [0.25, 0.3) is 5.91 Å². The van der Waals surface area contributed by atoms with E-state index in [4.69, 9.17) is 14.2 Å². The molecule has 2 fully saturated rings. The quantitative estimate of drug-likeness (QED) is 0.320. The Hall–Kier alpha value is -3.76. The molecule has 0 saturated heterocycles. The number of hydrogen-bond donors (Lipinski definition) is 4. The summed E-state index contributed by atoms with van der Waals surface area (Å²) in [5, 5.41) is 23.2. The maximum Gasteiger partial charge on any atom is 0.407 e. The lowest BCUT2D eigenvalue weighted by atomic mass is 9.96. The number of aliphatic imine (C=N–C) groups is 1. The van der Waals surface area contributed by atoms with Crippen LogP contribution in [-0.2, 0) is 9.53 Å². The Balaban J connectivity index is 1.32. The predicted molar refractivity (Wildman–Crippen MR) is 147 cm³/mol. The Labute approximate surface area is 228 Å². The van der Waals surface area contributed by atoms with Gasteiger partial charge in [-0.15, -0.1) is 0 Å². The number of anilines is 1. The highest BCUT2D eigenvalue weighted by Crippen LogP contribution is 2.36. The van der Waals surface area contributed by atoms with Crippen molar-refractivity contribution in [1.29, 1.82) is 0 Å². The fourth-order valence-corrected chi connectivity index (χ4v) is 5.05. The number of nitrogens with one attached hydrogen (secondary N) is 3. The van der Waals surface area contributed by atoms with Gasteiger partial charge in [0.1, 0.15) is 23.4 Å². The van der Waals surface area contributed by atoms with Crippen LogP contribution in [0.4, 0.5) is 10.6 Å². The SMILES string of the molecule is COc1cc(O)c(C=NC2CCCCC2)c(OCC(=O)Nc2cc(C3CCC(OC(=O)NC(C)C)C3)[nH]n2)c1. The third-order valence-electron chi connectivity index (χ3n) is 7.05. The highest BCUT2D eigenvalue weighted by molar-refractivity contribution is 5.92. The molecular weight excluding hydrogens is 502 g/mol. The number of phenols is 1. The molecule has 2 amide bonds. The number of aromatic amines is 1. The van der Waals surface area contributed by atoms with Gasteiger partial charge in [0.15, 0.2) is 12.4 Å². The number of alkyl carbamates (subject to hydrolysis) is 1. The zero-order valence-corrected chi connectivity index (χ0v) is 22.9. The number of amides is 2. The molecule has 11 heteroatoms. The number of ether oxygens (including phenoxy) is 3.